The van der Waals surface area contributed by atoms with E-state index in [-0.39, 0.29) is 34.8 Å². The molecule has 0 saturated carbocycles. The molecule has 0 unspecified atom stereocenters. The number of nitrogens with one attached hydrogen (secondary N) is 1. The number of halogens is 1. The van der Waals surface area contributed by atoms with E-state index in [2.05, 4.69) is 15.3 Å². The van der Waals surface area contributed by atoms with Crippen LogP contribution in [0.1, 0.15) is 20.8 Å². The summed E-state index contributed by atoms with van der Waals surface area (Å²) in [6, 6.07) is 0. The molecule has 0 aliphatic heterocycles. The van der Waals surface area contributed by atoms with E-state index in [4.69, 9.17) is 11.6 Å². The number of hydrogen-bond acceptors (Lipinski definition) is 5. The molecule has 0 aliphatic carbocycles. The summed E-state index contributed by atoms with van der Waals surface area (Å²) in [4.78, 5) is 7.52. The minimum atomic E-state index is -0.0556. The third kappa shape index (κ3) is 4.02. The fourth-order valence-electron chi connectivity index (χ4n) is 1.35. The summed E-state index contributed by atoms with van der Waals surface area (Å²) in [5.74, 6) is 0.281. The summed E-state index contributed by atoms with van der Waals surface area (Å²) in [6.07, 6.45) is 1.24. The summed E-state index contributed by atoms with van der Waals surface area (Å²) >= 11 is 5.63. The van der Waals surface area contributed by atoms with Crippen LogP contribution in [0, 0.1) is 11.3 Å². The number of aliphatic hydroxyl groups is 1. The molecule has 0 fully saturated rings. The van der Waals surface area contributed by atoms with Crippen molar-refractivity contribution in [3.63, 3.8) is 0 Å². The fourth-order valence-corrected chi connectivity index (χ4v) is 1.48. The number of aromatic hydroxyl groups is 1. The first-order valence-electron chi connectivity index (χ1n) is 5.41. The average molecular weight is 260 g/mol. The average Bonchev–Trinajstić information content (AvgIpc) is 2.22. The number of anilines is 1. The summed E-state index contributed by atoms with van der Waals surface area (Å²) in [7, 11) is 0. The Labute approximate surface area is 106 Å². The largest absolute Gasteiger partial charge is 0.503 e. The van der Waals surface area contributed by atoms with Gasteiger partial charge < -0.3 is 15.5 Å². The number of rotatable bonds is 4. The predicted molar refractivity (Wildman–Crippen MR) is 67.2 cm³/mol. The van der Waals surface area contributed by atoms with Crippen LogP contribution in [0.2, 0.25) is 5.28 Å². The molecule has 1 atom stereocenters. The maximum absolute atomic E-state index is 9.51. The van der Waals surface area contributed by atoms with Crippen molar-refractivity contribution in [2.24, 2.45) is 11.3 Å². The van der Waals surface area contributed by atoms with Crippen LogP contribution in [0.4, 0.5) is 5.82 Å². The van der Waals surface area contributed by atoms with Crippen molar-refractivity contribution >= 4 is 17.4 Å². The first kappa shape index (κ1) is 14.0. The Morgan fingerprint density at radius 3 is 2.65 bits per heavy atom. The number of aromatic nitrogens is 2. The van der Waals surface area contributed by atoms with Gasteiger partial charge in [-0.2, -0.15) is 4.98 Å². The topological polar surface area (TPSA) is 78.3 Å². The Kier molecular flexibility index (Phi) is 4.54. The van der Waals surface area contributed by atoms with E-state index in [0.29, 0.717) is 6.54 Å². The van der Waals surface area contributed by atoms with Gasteiger partial charge in [-0.3, -0.25) is 0 Å². The SMILES string of the molecule is CC(C)(C)[C@H](CO)CNc1nc(Cl)ncc1O. The lowest BCUT2D eigenvalue weighted by atomic mass is 9.81. The summed E-state index contributed by atoms with van der Waals surface area (Å²) in [6.45, 7) is 6.70. The lowest BCUT2D eigenvalue weighted by Crippen LogP contribution is -2.30. The molecular weight excluding hydrogens is 242 g/mol. The molecule has 0 aliphatic rings. The molecule has 0 amide bonds. The van der Waals surface area contributed by atoms with Crippen LogP contribution in [0.15, 0.2) is 6.20 Å². The quantitative estimate of drug-likeness (QED) is 0.720. The molecule has 1 aromatic heterocycles. The van der Waals surface area contributed by atoms with Crippen LogP contribution >= 0.6 is 11.6 Å². The van der Waals surface area contributed by atoms with E-state index >= 15 is 0 Å². The highest BCUT2D eigenvalue weighted by atomic mass is 35.5. The normalized spacial score (nSPS) is 13.5. The van der Waals surface area contributed by atoms with Gasteiger partial charge in [0.15, 0.2) is 11.6 Å². The highest BCUT2D eigenvalue weighted by Crippen LogP contribution is 2.27. The van der Waals surface area contributed by atoms with Gasteiger partial charge in [0.1, 0.15) is 0 Å². The first-order chi connectivity index (χ1) is 7.84. The summed E-state index contributed by atoms with van der Waals surface area (Å²) < 4.78 is 0. The molecule has 6 heteroatoms. The molecule has 0 bridgehead atoms. The third-order valence-corrected chi connectivity index (χ3v) is 2.88. The number of nitrogens with zero attached hydrogens (tertiary/aromatic N) is 2. The molecule has 0 aromatic carbocycles. The highest BCUT2D eigenvalue weighted by molar-refractivity contribution is 6.28. The molecule has 0 saturated heterocycles. The second-order valence-corrected chi connectivity index (χ2v) is 5.34. The van der Waals surface area contributed by atoms with E-state index < -0.39 is 0 Å². The molecule has 1 heterocycles. The van der Waals surface area contributed by atoms with E-state index in [1.54, 1.807) is 0 Å². The molecule has 96 valence electrons. The first-order valence-corrected chi connectivity index (χ1v) is 5.78. The smallest absolute Gasteiger partial charge is 0.224 e. The molecule has 17 heavy (non-hydrogen) atoms. The van der Waals surface area contributed by atoms with E-state index in [1.807, 2.05) is 20.8 Å². The molecule has 0 radical (unpaired) electrons. The Hall–Kier alpha value is -1.07. The van der Waals surface area contributed by atoms with Gasteiger partial charge in [0.25, 0.3) is 0 Å². The standard InChI is InChI=1S/C11H18ClN3O2/c1-11(2,3)7(6-16)4-13-9-8(17)5-14-10(12)15-9/h5,7,16-17H,4,6H2,1-3H3,(H,13,14,15)/t7-/m0/s1. The predicted octanol–water partition coefficient (Wildman–Crippen LogP) is 1.90. The van der Waals surface area contributed by atoms with Crippen molar-refractivity contribution < 1.29 is 10.2 Å². The van der Waals surface area contributed by atoms with Crippen LogP contribution in [0.3, 0.4) is 0 Å². The van der Waals surface area contributed by atoms with Gasteiger partial charge in [-0.15, -0.1) is 0 Å². The lowest BCUT2D eigenvalue weighted by Gasteiger charge is -2.29. The van der Waals surface area contributed by atoms with Crippen molar-refractivity contribution in [2.45, 2.75) is 20.8 Å². The zero-order chi connectivity index (χ0) is 13.1. The zero-order valence-corrected chi connectivity index (χ0v) is 11.0. The van der Waals surface area contributed by atoms with Crippen molar-refractivity contribution in [2.75, 3.05) is 18.5 Å². The van der Waals surface area contributed by atoms with Gasteiger partial charge in [0.05, 0.1) is 6.20 Å². The minimum Gasteiger partial charge on any atom is -0.503 e. The Bertz CT molecular complexity index is 379. The number of aliphatic hydroxyl groups excluding tert-OH is 1. The molecular formula is C11H18ClN3O2. The highest BCUT2D eigenvalue weighted by Gasteiger charge is 2.24. The Balaban J connectivity index is 2.69. The van der Waals surface area contributed by atoms with Gasteiger partial charge in [0, 0.05) is 19.1 Å². The van der Waals surface area contributed by atoms with Gasteiger partial charge in [-0.05, 0) is 17.0 Å². The van der Waals surface area contributed by atoms with Gasteiger partial charge in [-0.25, -0.2) is 4.98 Å². The van der Waals surface area contributed by atoms with Crippen LogP contribution < -0.4 is 5.32 Å². The Morgan fingerprint density at radius 1 is 1.47 bits per heavy atom. The molecule has 5 nitrogen and oxygen atoms in total. The van der Waals surface area contributed by atoms with E-state index in [9.17, 15) is 10.2 Å². The second-order valence-electron chi connectivity index (χ2n) is 5.00. The van der Waals surface area contributed by atoms with Gasteiger partial charge >= 0.3 is 0 Å². The summed E-state index contributed by atoms with van der Waals surface area (Å²) in [5.41, 5.74) is -0.0335. The monoisotopic (exact) mass is 259 g/mol. The lowest BCUT2D eigenvalue weighted by molar-refractivity contribution is 0.141. The van der Waals surface area contributed by atoms with Crippen molar-refractivity contribution in [1.29, 1.82) is 0 Å². The number of hydrogen-bond donors (Lipinski definition) is 3. The van der Waals surface area contributed by atoms with Crippen LogP contribution in [-0.2, 0) is 0 Å². The Morgan fingerprint density at radius 2 is 2.12 bits per heavy atom. The van der Waals surface area contributed by atoms with Crippen molar-refractivity contribution in [1.82, 2.24) is 9.97 Å². The van der Waals surface area contributed by atoms with Gasteiger partial charge in [-0.1, -0.05) is 20.8 Å². The zero-order valence-electron chi connectivity index (χ0n) is 10.2. The summed E-state index contributed by atoms with van der Waals surface area (Å²) in [5, 5.41) is 21.9. The molecule has 1 aromatic rings. The van der Waals surface area contributed by atoms with Gasteiger partial charge in [0.2, 0.25) is 5.28 Å². The minimum absolute atomic E-state index is 0.0335. The molecule has 3 N–H and O–H groups in total. The maximum atomic E-state index is 9.51. The fraction of sp³-hybridized carbons (Fsp3) is 0.636. The van der Waals surface area contributed by atoms with Crippen LogP contribution in [0.25, 0.3) is 0 Å². The van der Waals surface area contributed by atoms with Crippen molar-refractivity contribution in [3.05, 3.63) is 11.5 Å². The van der Waals surface area contributed by atoms with Crippen molar-refractivity contribution in [3.8, 4) is 5.75 Å². The van der Waals surface area contributed by atoms with Crippen LogP contribution in [-0.4, -0.2) is 33.3 Å². The van der Waals surface area contributed by atoms with E-state index in [1.165, 1.54) is 6.20 Å². The molecule has 1 rings (SSSR count). The third-order valence-electron chi connectivity index (χ3n) is 2.70. The van der Waals surface area contributed by atoms with Crippen LogP contribution in [0.5, 0.6) is 5.75 Å². The van der Waals surface area contributed by atoms with E-state index in [0.717, 1.165) is 0 Å². The second kappa shape index (κ2) is 5.51. The molecule has 0 spiro atoms. The maximum Gasteiger partial charge on any atom is 0.224 e.